The molecule has 41 heavy (non-hydrogen) atoms. The summed E-state index contributed by atoms with van der Waals surface area (Å²) in [5.74, 6) is -1.06. The highest BCUT2D eigenvalue weighted by molar-refractivity contribution is 7.88. The molecule has 0 aliphatic carbocycles. The molecule has 1 aromatic heterocycles. The van der Waals surface area contributed by atoms with Gasteiger partial charge in [0.1, 0.15) is 18.2 Å². The van der Waals surface area contributed by atoms with Crippen LogP contribution < -0.4 is 15.4 Å². The smallest absolute Gasteiger partial charge is 0.323 e. The minimum Gasteiger partial charge on any atom is -0.480 e. The van der Waals surface area contributed by atoms with Crippen LogP contribution in [0.25, 0.3) is 0 Å². The number of anilines is 2. The van der Waals surface area contributed by atoms with E-state index in [0.29, 0.717) is 29.5 Å². The van der Waals surface area contributed by atoms with Crippen molar-refractivity contribution in [2.24, 2.45) is 10.9 Å². The lowest BCUT2D eigenvalue weighted by Crippen LogP contribution is -2.45. The van der Waals surface area contributed by atoms with E-state index in [2.05, 4.69) is 25.3 Å². The summed E-state index contributed by atoms with van der Waals surface area (Å²) in [5.41, 5.74) is 2.64. The van der Waals surface area contributed by atoms with Gasteiger partial charge in [0, 0.05) is 24.3 Å². The minimum absolute atomic E-state index is 0.0367. The summed E-state index contributed by atoms with van der Waals surface area (Å²) in [6.45, 7) is 4.56. The number of carboxylic acids is 1. The number of benzene rings is 1. The van der Waals surface area contributed by atoms with Gasteiger partial charge >= 0.3 is 12.0 Å². The zero-order chi connectivity index (χ0) is 29.7. The van der Waals surface area contributed by atoms with Crippen LogP contribution >= 0.6 is 0 Å². The molecule has 220 valence electrons. The van der Waals surface area contributed by atoms with E-state index in [4.69, 9.17) is 4.74 Å². The summed E-state index contributed by atoms with van der Waals surface area (Å²) >= 11 is 0. The number of carboxylic acid groups (broad SMARTS) is 1. The normalized spacial score (nSPS) is 21.1. The van der Waals surface area contributed by atoms with Gasteiger partial charge in [-0.2, -0.15) is 0 Å². The molecule has 14 heteroatoms. The minimum atomic E-state index is -3.73. The van der Waals surface area contributed by atoms with Crippen molar-refractivity contribution in [3.05, 3.63) is 53.9 Å². The summed E-state index contributed by atoms with van der Waals surface area (Å²) in [6, 6.07) is 8.61. The topological polar surface area (TPSA) is 179 Å². The Kier molecular flexibility index (Phi) is 9.23. The number of hydrogen-bond acceptors (Lipinski definition) is 8. The molecule has 0 saturated carbocycles. The van der Waals surface area contributed by atoms with Crippen molar-refractivity contribution in [3.8, 4) is 0 Å². The quantitative estimate of drug-likeness (QED) is 0.326. The average Bonchev–Trinajstić information content (AvgIpc) is 3.51. The zero-order valence-corrected chi connectivity index (χ0v) is 23.8. The van der Waals surface area contributed by atoms with Crippen molar-refractivity contribution in [1.82, 2.24) is 14.6 Å². The Morgan fingerprint density at radius 1 is 1.17 bits per heavy atom. The molecule has 0 radical (unpaired) electrons. The van der Waals surface area contributed by atoms with Crippen LogP contribution in [-0.2, 0) is 30.8 Å². The average molecular weight is 587 g/mol. The van der Waals surface area contributed by atoms with E-state index in [1.165, 1.54) is 6.20 Å². The van der Waals surface area contributed by atoms with Crippen LogP contribution in [0.15, 0.2) is 47.6 Å². The molecular weight excluding hydrogens is 552 g/mol. The SMILES string of the molecule is Cc1ccccc1NC(=O)Nc1ccc(CC(=O)N2CCC(C)C2C2=NCC(CC(NS(C)(=O)=O)C(=O)O)O2)nc1. The van der Waals surface area contributed by atoms with E-state index in [1.54, 1.807) is 23.1 Å². The molecule has 4 rings (SSSR count). The van der Waals surface area contributed by atoms with Crippen molar-refractivity contribution in [3.63, 3.8) is 0 Å². The van der Waals surface area contributed by atoms with Gasteiger partial charge in [0.05, 0.1) is 31.1 Å². The third kappa shape index (κ3) is 8.01. The highest BCUT2D eigenvalue weighted by Crippen LogP contribution is 2.29. The molecule has 0 spiro atoms. The molecule has 4 atom stereocenters. The van der Waals surface area contributed by atoms with Crippen molar-refractivity contribution in [1.29, 1.82) is 0 Å². The Morgan fingerprint density at radius 2 is 1.93 bits per heavy atom. The number of likely N-dealkylation sites (tertiary alicyclic amines) is 1. The van der Waals surface area contributed by atoms with E-state index in [1.807, 2.05) is 32.0 Å². The van der Waals surface area contributed by atoms with Crippen LogP contribution in [0.1, 0.15) is 31.0 Å². The predicted octanol–water partition coefficient (Wildman–Crippen LogP) is 2.00. The van der Waals surface area contributed by atoms with Crippen LogP contribution in [0.2, 0.25) is 0 Å². The van der Waals surface area contributed by atoms with Gasteiger partial charge < -0.3 is 25.4 Å². The van der Waals surface area contributed by atoms with Crippen LogP contribution in [0, 0.1) is 12.8 Å². The number of aromatic nitrogens is 1. The van der Waals surface area contributed by atoms with Crippen molar-refractivity contribution >= 4 is 45.2 Å². The van der Waals surface area contributed by atoms with Gasteiger partial charge in [-0.25, -0.2) is 22.9 Å². The number of ether oxygens (including phenoxy) is 1. The Bertz CT molecular complexity index is 1430. The third-order valence-electron chi connectivity index (χ3n) is 6.97. The molecule has 3 heterocycles. The number of sulfonamides is 1. The van der Waals surface area contributed by atoms with Crippen molar-refractivity contribution < 1.29 is 32.6 Å². The number of aliphatic imine (C=N–C) groups is 1. The maximum atomic E-state index is 13.3. The summed E-state index contributed by atoms with van der Waals surface area (Å²) in [5, 5.41) is 14.9. The van der Waals surface area contributed by atoms with E-state index < -0.39 is 40.2 Å². The zero-order valence-electron chi connectivity index (χ0n) is 23.0. The Labute approximate surface area is 238 Å². The number of carbonyl (C=O) groups excluding carboxylic acids is 2. The lowest BCUT2D eigenvalue weighted by Gasteiger charge is -2.27. The van der Waals surface area contributed by atoms with Crippen LogP contribution in [0.3, 0.4) is 0 Å². The number of pyridine rings is 1. The maximum absolute atomic E-state index is 13.3. The summed E-state index contributed by atoms with van der Waals surface area (Å²) < 4.78 is 31.1. The molecule has 13 nitrogen and oxygen atoms in total. The largest absolute Gasteiger partial charge is 0.480 e. The van der Waals surface area contributed by atoms with Gasteiger partial charge in [-0.1, -0.05) is 25.1 Å². The van der Waals surface area contributed by atoms with E-state index in [9.17, 15) is 27.9 Å². The van der Waals surface area contributed by atoms with Gasteiger partial charge in [-0.15, -0.1) is 0 Å². The Hall–Kier alpha value is -4.04. The number of urea groups is 1. The highest BCUT2D eigenvalue weighted by atomic mass is 32.2. The van der Waals surface area contributed by atoms with Crippen LogP contribution in [0.4, 0.5) is 16.2 Å². The number of para-hydroxylation sites is 1. The number of aryl methyl sites for hydroxylation is 1. The number of aliphatic carboxylic acids is 1. The summed E-state index contributed by atoms with van der Waals surface area (Å²) in [4.78, 5) is 47.6. The van der Waals surface area contributed by atoms with E-state index in [0.717, 1.165) is 18.2 Å². The number of nitrogens with one attached hydrogen (secondary N) is 3. The first kappa shape index (κ1) is 29.9. The Balaban J connectivity index is 1.33. The fraction of sp³-hybridized carbons (Fsp3) is 0.444. The number of amides is 3. The first-order valence-corrected chi connectivity index (χ1v) is 15.1. The fourth-order valence-electron chi connectivity index (χ4n) is 4.90. The van der Waals surface area contributed by atoms with Crippen LogP contribution in [-0.4, -0.2) is 84.7 Å². The van der Waals surface area contributed by atoms with Gasteiger partial charge in [0.2, 0.25) is 21.8 Å². The molecule has 2 aromatic rings. The van der Waals surface area contributed by atoms with Gasteiger partial charge in [0.15, 0.2) is 0 Å². The molecule has 4 N–H and O–H groups in total. The molecule has 2 aliphatic heterocycles. The molecule has 0 bridgehead atoms. The molecule has 1 fully saturated rings. The lowest BCUT2D eigenvalue weighted by molar-refractivity contribution is -0.139. The van der Waals surface area contributed by atoms with Gasteiger partial charge in [0.25, 0.3) is 0 Å². The first-order chi connectivity index (χ1) is 19.4. The number of carbonyl (C=O) groups is 3. The van der Waals surface area contributed by atoms with E-state index in [-0.39, 0.29) is 31.2 Å². The standard InChI is InChI=1S/C27H34N6O7S/c1-16-6-4-5-7-21(16)31-27(37)30-19-9-8-18(28-14-19)12-23(34)33-11-10-17(2)24(33)25-29-15-20(40-25)13-22(26(35)36)32-41(3,38)39/h4-9,14,17,20,22,24,32H,10-13,15H2,1-3H3,(H,35,36)(H2,30,31,37). The second-order valence-corrected chi connectivity index (χ2v) is 12.1. The molecule has 3 amide bonds. The number of nitrogens with zero attached hydrogens (tertiary/aromatic N) is 3. The fourth-order valence-corrected chi connectivity index (χ4v) is 5.62. The summed E-state index contributed by atoms with van der Waals surface area (Å²) in [6.07, 6.45) is 2.43. The monoisotopic (exact) mass is 586 g/mol. The van der Waals surface area contributed by atoms with E-state index >= 15 is 0 Å². The van der Waals surface area contributed by atoms with Crippen molar-refractivity contribution in [2.45, 2.75) is 51.3 Å². The second kappa shape index (κ2) is 12.6. The van der Waals surface area contributed by atoms with Gasteiger partial charge in [-0.05, 0) is 43.0 Å². The van der Waals surface area contributed by atoms with Gasteiger partial charge in [-0.3, -0.25) is 14.6 Å². The van der Waals surface area contributed by atoms with Crippen molar-refractivity contribution in [2.75, 3.05) is 30.0 Å². The van der Waals surface area contributed by atoms with Crippen LogP contribution in [0.5, 0.6) is 0 Å². The lowest BCUT2D eigenvalue weighted by atomic mass is 10.0. The molecule has 1 saturated heterocycles. The molecule has 1 aromatic carbocycles. The Morgan fingerprint density at radius 3 is 2.59 bits per heavy atom. The molecule has 2 aliphatic rings. The predicted molar refractivity (Wildman–Crippen MR) is 152 cm³/mol. The first-order valence-electron chi connectivity index (χ1n) is 13.2. The summed E-state index contributed by atoms with van der Waals surface area (Å²) in [7, 11) is -3.73. The highest BCUT2D eigenvalue weighted by Gasteiger charge is 2.42. The maximum Gasteiger partial charge on any atom is 0.323 e. The number of rotatable bonds is 10. The second-order valence-electron chi connectivity index (χ2n) is 10.3. The number of hydrogen-bond donors (Lipinski definition) is 4. The molecule has 4 unspecified atom stereocenters. The third-order valence-corrected chi connectivity index (χ3v) is 7.69. The molecular formula is C27H34N6O7S.